The number of halogens is 5. The zero-order valence-corrected chi connectivity index (χ0v) is 14.4. The number of nitrogens with one attached hydrogen (secondary N) is 1. The summed E-state index contributed by atoms with van der Waals surface area (Å²) < 4.78 is 73.6. The first kappa shape index (κ1) is 19.6. The lowest BCUT2D eigenvalue weighted by molar-refractivity contribution is -0.153. The van der Waals surface area contributed by atoms with E-state index in [4.69, 9.17) is 9.47 Å². The second-order valence-electron chi connectivity index (χ2n) is 6.73. The van der Waals surface area contributed by atoms with E-state index in [0.717, 1.165) is 17.2 Å². The molecule has 3 rings (SSSR count). The Morgan fingerprint density at radius 2 is 2.04 bits per heavy atom. The molecule has 27 heavy (non-hydrogen) atoms. The Balaban J connectivity index is 1.80. The Kier molecular flexibility index (Phi) is 4.91. The summed E-state index contributed by atoms with van der Waals surface area (Å²) in [6.45, 7) is -0.401. The van der Waals surface area contributed by atoms with E-state index in [2.05, 4.69) is 10.3 Å². The number of anilines is 1. The van der Waals surface area contributed by atoms with Crippen molar-refractivity contribution in [1.29, 1.82) is 0 Å². The van der Waals surface area contributed by atoms with Gasteiger partial charge < -0.3 is 19.7 Å². The van der Waals surface area contributed by atoms with Gasteiger partial charge in [0, 0.05) is 6.07 Å². The minimum atomic E-state index is -4.61. The van der Waals surface area contributed by atoms with E-state index in [1.807, 2.05) is 6.92 Å². The van der Waals surface area contributed by atoms with Crippen molar-refractivity contribution in [3.63, 3.8) is 0 Å². The third-order valence-electron chi connectivity index (χ3n) is 4.47. The van der Waals surface area contributed by atoms with E-state index in [9.17, 15) is 26.7 Å². The minimum Gasteiger partial charge on any atom is -0.482 e. The van der Waals surface area contributed by atoms with Crippen molar-refractivity contribution >= 4 is 11.6 Å². The van der Waals surface area contributed by atoms with Crippen LogP contribution in [0.4, 0.5) is 27.6 Å². The standard InChI is InChI=1S/C16H18F5N3O3/c1-2-14(7-26-8-14)23-13(25)10-3-12(27-9-16(19,20)21)11(4-22-10)24-5-15(17,18)6-24/h3-4H,2,5-9H2,1H3,(H,23,25). The number of hydrogen-bond donors (Lipinski definition) is 1. The maximum absolute atomic E-state index is 13.1. The van der Waals surface area contributed by atoms with Gasteiger partial charge in [-0.1, -0.05) is 6.92 Å². The Hall–Kier alpha value is -2.17. The number of amides is 1. The number of alkyl halides is 5. The summed E-state index contributed by atoms with van der Waals surface area (Å²) >= 11 is 0. The van der Waals surface area contributed by atoms with E-state index in [-0.39, 0.29) is 17.1 Å². The van der Waals surface area contributed by atoms with Gasteiger partial charge in [-0.15, -0.1) is 0 Å². The largest absolute Gasteiger partial charge is 0.482 e. The van der Waals surface area contributed by atoms with Crippen LogP contribution < -0.4 is 15.0 Å². The fourth-order valence-electron chi connectivity index (χ4n) is 2.77. The average Bonchev–Trinajstić information content (AvgIpc) is 2.53. The van der Waals surface area contributed by atoms with Crippen molar-refractivity contribution in [3.05, 3.63) is 18.0 Å². The lowest BCUT2D eigenvalue weighted by atomic mass is 9.94. The molecule has 1 aromatic heterocycles. The van der Waals surface area contributed by atoms with Gasteiger partial charge in [0.2, 0.25) is 0 Å². The van der Waals surface area contributed by atoms with Gasteiger partial charge in [0.15, 0.2) is 6.61 Å². The van der Waals surface area contributed by atoms with E-state index < -0.39 is 43.2 Å². The summed E-state index contributed by atoms with van der Waals surface area (Å²) in [5.41, 5.74) is -0.717. The number of pyridine rings is 1. The SMILES string of the molecule is CCC1(NC(=O)c2cc(OCC(F)(F)F)c(N3CC(F)(F)C3)cn2)COC1. The molecule has 2 saturated heterocycles. The third-order valence-corrected chi connectivity index (χ3v) is 4.47. The van der Waals surface area contributed by atoms with Gasteiger partial charge in [0.05, 0.1) is 43.7 Å². The number of nitrogens with zero attached hydrogens (tertiary/aromatic N) is 2. The summed E-state index contributed by atoms with van der Waals surface area (Å²) in [4.78, 5) is 17.4. The van der Waals surface area contributed by atoms with Crippen molar-refractivity contribution in [2.24, 2.45) is 0 Å². The maximum atomic E-state index is 13.1. The lowest BCUT2D eigenvalue weighted by Gasteiger charge is -2.41. The quantitative estimate of drug-likeness (QED) is 0.750. The predicted molar refractivity (Wildman–Crippen MR) is 84.3 cm³/mol. The van der Waals surface area contributed by atoms with E-state index in [1.165, 1.54) is 0 Å². The number of rotatable bonds is 6. The van der Waals surface area contributed by atoms with Gasteiger partial charge in [-0.3, -0.25) is 4.79 Å². The molecule has 0 unspecified atom stereocenters. The van der Waals surface area contributed by atoms with Crippen LogP contribution in [-0.4, -0.2) is 61.4 Å². The molecule has 1 N–H and O–H groups in total. The predicted octanol–water partition coefficient (Wildman–Crippen LogP) is 2.39. The van der Waals surface area contributed by atoms with Crippen molar-refractivity contribution in [3.8, 4) is 5.75 Å². The van der Waals surface area contributed by atoms with Crippen LogP contribution in [0.15, 0.2) is 12.3 Å². The van der Waals surface area contributed by atoms with Crippen LogP contribution >= 0.6 is 0 Å². The molecular formula is C16H18F5N3O3. The Bertz CT molecular complexity index is 708. The molecule has 0 spiro atoms. The topological polar surface area (TPSA) is 63.7 Å². The molecule has 6 nitrogen and oxygen atoms in total. The lowest BCUT2D eigenvalue weighted by Crippen LogP contribution is -2.61. The van der Waals surface area contributed by atoms with Crippen LogP contribution in [0, 0.1) is 0 Å². The van der Waals surface area contributed by atoms with Gasteiger partial charge in [0.25, 0.3) is 11.8 Å². The summed E-state index contributed by atoms with van der Waals surface area (Å²) in [6, 6.07) is 1.04. The van der Waals surface area contributed by atoms with Crippen molar-refractivity contribution in [1.82, 2.24) is 10.3 Å². The molecule has 2 fully saturated rings. The van der Waals surface area contributed by atoms with E-state index in [1.54, 1.807) is 0 Å². The second kappa shape index (κ2) is 6.77. The molecule has 1 amide bonds. The number of aromatic nitrogens is 1. The molecule has 2 aliphatic heterocycles. The van der Waals surface area contributed by atoms with Crippen LogP contribution in [0.3, 0.4) is 0 Å². The number of ether oxygens (including phenoxy) is 2. The van der Waals surface area contributed by atoms with E-state index >= 15 is 0 Å². The first-order valence-electron chi connectivity index (χ1n) is 8.25. The molecule has 150 valence electrons. The maximum Gasteiger partial charge on any atom is 0.422 e. The van der Waals surface area contributed by atoms with Crippen LogP contribution in [0.1, 0.15) is 23.8 Å². The molecule has 1 aromatic rings. The summed E-state index contributed by atoms with van der Waals surface area (Å²) in [5.74, 6) is -3.84. The molecule has 0 aromatic carbocycles. The van der Waals surface area contributed by atoms with Crippen LogP contribution in [0.25, 0.3) is 0 Å². The van der Waals surface area contributed by atoms with Crippen molar-refractivity contribution in [2.45, 2.75) is 31.0 Å². The minimum absolute atomic E-state index is 0.0149. The zero-order valence-electron chi connectivity index (χ0n) is 14.4. The molecule has 0 saturated carbocycles. The monoisotopic (exact) mass is 395 g/mol. The highest BCUT2D eigenvalue weighted by Crippen LogP contribution is 2.38. The fraction of sp³-hybridized carbons (Fsp3) is 0.625. The summed E-state index contributed by atoms with van der Waals surface area (Å²) in [6.07, 6.45) is -2.93. The number of hydrogen-bond acceptors (Lipinski definition) is 5. The molecule has 11 heteroatoms. The van der Waals surface area contributed by atoms with Gasteiger partial charge in [-0.05, 0) is 6.42 Å². The van der Waals surface area contributed by atoms with Crippen LogP contribution in [0.5, 0.6) is 5.75 Å². The molecular weight excluding hydrogens is 377 g/mol. The Morgan fingerprint density at radius 1 is 1.37 bits per heavy atom. The van der Waals surface area contributed by atoms with Gasteiger partial charge in [-0.2, -0.15) is 13.2 Å². The van der Waals surface area contributed by atoms with Crippen molar-refractivity contribution < 1.29 is 36.2 Å². The number of carbonyl (C=O) groups excluding carboxylic acids is 1. The zero-order chi connectivity index (χ0) is 19.9. The Morgan fingerprint density at radius 3 is 2.52 bits per heavy atom. The summed E-state index contributed by atoms with van der Waals surface area (Å²) in [5, 5.41) is 2.75. The summed E-state index contributed by atoms with van der Waals surface area (Å²) in [7, 11) is 0. The van der Waals surface area contributed by atoms with Gasteiger partial charge in [-0.25, -0.2) is 13.8 Å². The molecule has 0 aliphatic carbocycles. The molecule has 2 aliphatic rings. The molecule has 0 atom stereocenters. The van der Waals surface area contributed by atoms with Gasteiger partial charge >= 0.3 is 6.18 Å². The second-order valence-corrected chi connectivity index (χ2v) is 6.73. The van der Waals surface area contributed by atoms with Crippen LogP contribution in [-0.2, 0) is 4.74 Å². The van der Waals surface area contributed by atoms with Gasteiger partial charge in [0.1, 0.15) is 11.4 Å². The molecule has 0 radical (unpaired) electrons. The highest BCUT2D eigenvalue weighted by Gasteiger charge is 2.45. The first-order valence-corrected chi connectivity index (χ1v) is 8.25. The first-order chi connectivity index (χ1) is 12.5. The van der Waals surface area contributed by atoms with E-state index in [0.29, 0.717) is 19.6 Å². The highest BCUT2D eigenvalue weighted by molar-refractivity contribution is 5.93. The normalized spacial score (nSPS) is 20.4. The molecule has 0 bridgehead atoms. The van der Waals surface area contributed by atoms with Crippen molar-refractivity contribution in [2.75, 3.05) is 37.8 Å². The Labute approximate surface area is 151 Å². The fourth-order valence-corrected chi connectivity index (χ4v) is 2.77. The molecule has 3 heterocycles. The average molecular weight is 395 g/mol. The van der Waals surface area contributed by atoms with Crippen LogP contribution in [0.2, 0.25) is 0 Å². The smallest absolute Gasteiger partial charge is 0.422 e. The third kappa shape index (κ3) is 4.40. The highest BCUT2D eigenvalue weighted by atomic mass is 19.4. The number of carbonyl (C=O) groups is 1.